The van der Waals surface area contributed by atoms with Gasteiger partial charge in [-0.1, -0.05) is 73.1 Å². The summed E-state index contributed by atoms with van der Waals surface area (Å²) in [7, 11) is -3.79. The zero-order valence-corrected chi connectivity index (χ0v) is 28.4. The molecule has 0 saturated heterocycles. The highest BCUT2D eigenvalue weighted by Crippen LogP contribution is 2.77. The summed E-state index contributed by atoms with van der Waals surface area (Å²) in [6, 6.07) is 7.11. The van der Waals surface area contributed by atoms with E-state index in [2.05, 4.69) is 55.4 Å². The second-order valence-corrected chi connectivity index (χ2v) is 19.1. The van der Waals surface area contributed by atoms with Crippen LogP contribution in [0.1, 0.15) is 125 Å². The molecule has 0 spiro atoms. The summed E-state index contributed by atoms with van der Waals surface area (Å²) in [6.07, 6.45) is 12.5. The van der Waals surface area contributed by atoms with Gasteiger partial charge >= 0.3 is 0 Å². The Bertz CT molecular complexity index is 1270. The van der Waals surface area contributed by atoms with Crippen molar-refractivity contribution in [1.82, 2.24) is 0 Å². The molecule has 41 heavy (non-hydrogen) atoms. The van der Waals surface area contributed by atoms with Gasteiger partial charge in [-0.3, -0.25) is 4.18 Å². The molecule has 0 unspecified atom stereocenters. The van der Waals surface area contributed by atoms with Crippen LogP contribution < -0.4 is 0 Å². The average Bonchev–Trinajstić information content (AvgIpc) is 3.24. The molecule has 230 valence electrons. The van der Waals surface area contributed by atoms with Gasteiger partial charge in [0.15, 0.2) is 0 Å². The van der Waals surface area contributed by atoms with E-state index in [9.17, 15) is 8.42 Å². The molecule has 5 saturated carbocycles. The molecule has 6 rings (SSSR count). The number of aryl methyl sites for hydroxylation is 1. The zero-order valence-electron chi connectivity index (χ0n) is 27.6. The molecule has 0 radical (unpaired) electrons. The average molecular weight is 583 g/mol. The van der Waals surface area contributed by atoms with E-state index < -0.39 is 10.1 Å². The highest BCUT2D eigenvalue weighted by atomic mass is 32.2. The molecular weight excluding hydrogens is 524 g/mol. The summed E-state index contributed by atoms with van der Waals surface area (Å²) >= 11 is 0. The summed E-state index contributed by atoms with van der Waals surface area (Å²) < 4.78 is 32.9. The molecular formula is C37H58O3S. The normalized spacial score (nSPS) is 47.3. The number of fused-ring (bicyclic) bond motifs is 7. The monoisotopic (exact) mass is 582 g/mol. The Hall–Kier alpha value is -0.870. The fourth-order valence-electron chi connectivity index (χ4n) is 12.8. The van der Waals surface area contributed by atoms with Crippen LogP contribution in [0.4, 0.5) is 0 Å². The van der Waals surface area contributed by atoms with Gasteiger partial charge in [-0.2, -0.15) is 8.42 Å². The van der Waals surface area contributed by atoms with Crippen LogP contribution in [0.25, 0.3) is 0 Å². The predicted molar refractivity (Wildman–Crippen MR) is 168 cm³/mol. The van der Waals surface area contributed by atoms with Gasteiger partial charge in [-0.25, -0.2) is 0 Å². The SMILES string of the molecule is Cc1ccc(S(=O)(=O)O[C@@H]2CC[C@@]3(C)[C@@H](CC[C@]4(C)[C@H]3CC[C@@H]3[C@H]5[C@H](C(C)C)CC[C@]5(C)CC[C@]34C)C2(C)C)cc1. The lowest BCUT2D eigenvalue weighted by Gasteiger charge is -2.73. The van der Waals surface area contributed by atoms with E-state index in [1.54, 1.807) is 12.1 Å². The molecule has 5 aliphatic carbocycles. The lowest BCUT2D eigenvalue weighted by atomic mass is 9.32. The van der Waals surface area contributed by atoms with Crippen molar-refractivity contribution in [1.29, 1.82) is 0 Å². The minimum Gasteiger partial charge on any atom is -0.262 e. The lowest BCUT2D eigenvalue weighted by Crippen LogP contribution is -2.66. The summed E-state index contributed by atoms with van der Waals surface area (Å²) in [5.74, 6) is 4.59. The maximum absolute atomic E-state index is 13.4. The third-order valence-electron chi connectivity index (χ3n) is 15.2. The minimum absolute atomic E-state index is 0.191. The number of rotatable bonds is 4. The van der Waals surface area contributed by atoms with Gasteiger partial charge in [-0.05, 0) is 146 Å². The van der Waals surface area contributed by atoms with Crippen LogP contribution in [-0.4, -0.2) is 14.5 Å². The lowest BCUT2D eigenvalue weighted by molar-refractivity contribution is -0.246. The molecule has 0 amide bonds. The molecule has 0 aliphatic heterocycles. The highest BCUT2D eigenvalue weighted by Gasteiger charge is 2.70. The van der Waals surface area contributed by atoms with Crippen molar-refractivity contribution in [2.75, 3.05) is 0 Å². The van der Waals surface area contributed by atoms with Crippen LogP contribution in [0.5, 0.6) is 0 Å². The summed E-state index contributed by atoms with van der Waals surface area (Å²) in [5, 5.41) is 0. The van der Waals surface area contributed by atoms with Crippen molar-refractivity contribution >= 4 is 10.1 Å². The van der Waals surface area contributed by atoms with Crippen LogP contribution in [-0.2, 0) is 14.3 Å². The molecule has 5 fully saturated rings. The number of hydrogen-bond donors (Lipinski definition) is 0. The second kappa shape index (κ2) is 9.56. The largest absolute Gasteiger partial charge is 0.297 e. The molecule has 0 bridgehead atoms. The van der Waals surface area contributed by atoms with E-state index in [1.807, 2.05) is 19.1 Å². The second-order valence-electron chi connectivity index (χ2n) is 17.5. The maximum Gasteiger partial charge on any atom is 0.297 e. The smallest absolute Gasteiger partial charge is 0.262 e. The quantitative estimate of drug-likeness (QED) is 0.332. The molecule has 0 heterocycles. The number of benzene rings is 1. The Morgan fingerprint density at radius 1 is 0.756 bits per heavy atom. The van der Waals surface area contributed by atoms with E-state index >= 15 is 0 Å². The Morgan fingerprint density at radius 3 is 2.10 bits per heavy atom. The van der Waals surface area contributed by atoms with Gasteiger partial charge in [-0.15, -0.1) is 0 Å². The van der Waals surface area contributed by atoms with E-state index in [0.717, 1.165) is 42.1 Å². The molecule has 3 nitrogen and oxygen atoms in total. The highest BCUT2D eigenvalue weighted by molar-refractivity contribution is 7.86. The zero-order chi connectivity index (χ0) is 29.8. The standard InChI is InChI=1S/C37H58O3S/c1-24(2)27-16-19-34(6)22-23-36(8)28(32(27)34)14-15-30-35(7)20-18-31(33(4,5)29(35)17-21-37(30,36)9)40-41(38,39)26-12-10-25(3)11-13-26/h10-13,24,27-32H,14-23H2,1-9H3/t27-,28+,29-,30-,31+,32+,34+,35-,36+,37+/m0/s1. The molecule has 1 aromatic rings. The van der Waals surface area contributed by atoms with Gasteiger partial charge in [0.25, 0.3) is 10.1 Å². The van der Waals surface area contributed by atoms with Crippen molar-refractivity contribution in [2.45, 2.75) is 138 Å². The first-order valence-electron chi connectivity index (χ1n) is 17.0. The molecule has 10 atom stereocenters. The van der Waals surface area contributed by atoms with Crippen LogP contribution >= 0.6 is 0 Å². The third-order valence-corrected chi connectivity index (χ3v) is 16.6. The van der Waals surface area contributed by atoms with Crippen molar-refractivity contribution in [3.05, 3.63) is 29.8 Å². The Labute approximate surface area is 252 Å². The van der Waals surface area contributed by atoms with Gasteiger partial charge in [0, 0.05) is 0 Å². The van der Waals surface area contributed by atoms with Gasteiger partial charge in [0.1, 0.15) is 0 Å². The predicted octanol–water partition coefficient (Wildman–Crippen LogP) is 9.83. The number of hydrogen-bond acceptors (Lipinski definition) is 3. The first-order valence-corrected chi connectivity index (χ1v) is 18.4. The first kappa shape index (κ1) is 30.2. The Balaban J connectivity index is 1.28. The molecule has 0 N–H and O–H groups in total. The minimum atomic E-state index is -3.79. The van der Waals surface area contributed by atoms with Crippen LogP contribution in [0.15, 0.2) is 29.2 Å². The van der Waals surface area contributed by atoms with Crippen molar-refractivity contribution in [2.24, 2.45) is 62.6 Å². The Morgan fingerprint density at radius 2 is 1.44 bits per heavy atom. The summed E-state index contributed by atoms with van der Waals surface area (Å²) in [5.41, 5.74) is 2.39. The van der Waals surface area contributed by atoms with Crippen molar-refractivity contribution < 1.29 is 12.6 Å². The van der Waals surface area contributed by atoms with Crippen LogP contribution in [0.2, 0.25) is 0 Å². The maximum atomic E-state index is 13.4. The van der Waals surface area contributed by atoms with Crippen molar-refractivity contribution in [3.8, 4) is 0 Å². The van der Waals surface area contributed by atoms with Crippen molar-refractivity contribution in [3.63, 3.8) is 0 Å². The van der Waals surface area contributed by atoms with E-state index in [-0.39, 0.29) is 21.8 Å². The molecule has 4 heteroatoms. The van der Waals surface area contributed by atoms with Gasteiger partial charge in [0.05, 0.1) is 11.0 Å². The first-order chi connectivity index (χ1) is 19.0. The molecule has 0 aromatic heterocycles. The molecule has 1 aromatic carbocycles. The van der Waals surface area contributed by atoms with Crippen LogP contribution in [0, 0.1) is 69.5 Å². The summed E-state index contributed by atoms with van der Waals surface area (Å²) in [6.45, 7) is 22.3. The van der Waals surface area contributed by atoms with Crippen LogP contribution in [0.3, 0.4) is 0 Å². The van der Waals surface area contributed by atoms with Gasteiger partial charge in [0.2, 0.25) is 0 Å². The fourth-order valence-corrected chi connectivity index (χ4v) is 14.0. The van der Waals surface area contributed by atoms with E-state index in [0.29, 0.717) is 28.1 Å². The fraction of sp³-hybridized carbons (Fsp3) is 0.838. The topological polar surface area (TPSA) is 43.4 Å². The Kier molecular flexibility index (Phi) is 7.04. The third kappa shape index (κ3) is 4.22. The summed E-state index contributed by atoms with van der Waals surface area (Å²) in [4.78, 5) is 0.283. The van der Waals surface area contributed by atoms with Gasteiger partial charge < -0.3 is 0 Å². The molecule has 5 aliphatic rings. The van der Waals surface area contributed by atoms with E-state index in [1.165, 1.54) is 51.4 Å². The van der Waals surface area contributed by atoms with E-state index in [4.69, 9.17) is 4.18 Å².